The second-order valence-electron chi connectivity index (χ2n) is 7.68. The lowest BCUT2D eigenvalue weighted by Gasteiger charge is -2.15. The molecule has 1 aromatic heterocycles. The topological polar surface area (TPSA) is 98.4 Å². The molecule has 0 unspecified atom stereocenters. The van der Waals surface area contributed by atoms with Crippen LogP contribution in [0.3, 0.4) is 0 Å². The lowest BCUT2D eigenvalue weighted by Crippen LogP contribution is -2.12. The number of carbonyl (C=O) groups excluding carboxylic acids is 1. The second kappa shape index (κ2) is 11.0. The third kappa shape index (κ3) is 5.45. The van der Waals surface area contributed by atoms with Crippen LogP contribution in [-0.2, 0) is 25.3 Å². The highest BCUT2D eigenvalue weighted by Crippen LogP contribution is 2.38. The van der Waals surface area contributed by atoms with E-state index < -0.39 is 27.6 Å². The first-order valence-corrected chi connectivity index (χ1v) is 13.6. The van der Waals surface area contributed by atoms with Crippen LogP contribution in [0.2, 0.25) is 0 Å². The standard InChI is InChI=1S/C26H20F2N2O5S2/c1-2-34-25(31)16-36-15-21-20-10-11-30(37(32,33)19-6-4-3-5-7-19)24(20)13-23(28)26(21)35-18-8-9-22(27)17(12-18)14-29/h3-13H,2,15-16H2,1H3. The van der Waals surface area contributed by atoms with Crippen molar-refractivity contribution in [1.82, 2.24) is 3.97 Å². The first-order valence-electron chi connectivity index (χ1n) is 11.0. The molecule has 7 nitrogen and oxygen atoms in total. The normalized spacial score (nSPS) is 11.3. The number of ether oxygens (including phenoxy) is 2. The summed E-state index contributed by atoms with van der Waals surface area (Å²) in [6.07, 6.45) is 1.32. The van der Waals surface area contributed by atoms with E-state index in [9.17, 15) is 17.6 Å². The maximum absolute atomic E-state index is 15.5. The Morgan fingerprint density at radius 2 is 1.84 bits per heavy atom. The number of nitrogens with zero attached hydrogens (tertiary/aromatic N) is 2. The van der Waals surface area contributed by atoms with E-state index in [1.807, 2.05) is 0 Å². The number of nitriles is 1. The fourth-order valence-electron chi connectivity index (χ4n) is 3.65. The van der Waals surface area contributed by atoms with Gasteiger partial charge in [-0.1, -0.05) is 18.2 Å². The van der Waals surface area contributed by atoms with Crippen molar-refractivity contribution in [2.24, 2.45) is 0 Å². The Bertz CT molecular complexity index is 1610. The van der Waals surface area contributed by atoms with Crippen molar-refractivity contribution in [3.63, 3.8) is 0 Å². The van der Waals surface area contributed by atoms with Crippen LogP contribution >= 0.6 is 11.8 Å². The number of benzene rings is 3. The Morgan fingerprint density at radius 1 is 1.08 bits per heavy atom. The summed E-state index contributed by atoms with van der Waals surface area (Å²) < 4.78 is 67.5. The quantitative estimate of drug-likeness (QED) is 0.253. The number of rotatable bonds is 9. The minimum absolute atomic E-state index is 0.0178. The van der Waals surface area contributed by atoms with Crippen LogP contribution in [0.15, 0.2) is 71.8 Å². The molecule has 0 spiro atoms. The summed E-state index contributed by atoms with van der Waals surface area (Å²) in [6.45, 7) is 1.89. The molecule has 4 rings (SSSR count). The minimum atomic E-state index is -4.03. The maximum Gasteiger partial charge on any atom is 0.315 e. The SMILES string of the molecule is CCOC(=O)CSCc1c(Oc2ccc(F)c(C#N)c2)c(F)cc2c1ccn2S(=O)(=O)c1ccccc1. The predicted octanol–water partition coefficient (Wildman–Crippen LogP) is 5.62. The summed E-state index contributed by atoms with van der Waals surface area (Å²) in [5, 5.41) is 9.50. The highest BCUT2D eigenvalue weighted by Gasteiger charge is 2.24. The summed E-state index contributed by atoms with van der Waals surface area (Å²) in [7, 11) is -4.03. The van der Waals surface area contributed by atoms with E-state index in [0.717, 1.165) is 33.9 Å². The number of esters is 1. The van der Waals surface area contributed by atoms with Gasteiger partial charge < -0.3 is 9.47 Å². The summed E-state index contributed by atoms with van der Waals surface area (Å²) in [5.41, 5.74) is 0.0868. The van der Waals surface area contributed by atoms with E-state index in [4.69, 9.17) is 14.7 Å². The summed E-state index contributed by atoms with van der Waals surface area (Å²) >= 11 is 1.13. The van der Waals surface area contributed by atoms with Crippen molar-refractivity contribution in [3.05, 3.63) is 89.6 Å². The predicted molar refractivity (Wildman–Crippen MR) is 135 cm³/mol. The van der Waals surface area contributed by atoms with Gasteiger partial charge in [0, 0.05) is 35.0 Å². The highest BCUT2D eigenvalue weighted by atomic mass is 32.2. The third-order valence-electron chi connectivity index (χ3n) is 5.32. The van der Waals surface area contributed by atoms with Crippen LogP contribution < -0.4 is 4.74 Å². The Kier molecular flexibility index (Phi) is 7.80. The van der Waals surface area contributed by atoms with Gasteiger partial charge in [0.25, 0.3) is 10.0 Å². The zero-order valence-corrected chi connectivity index (χ0v) is 21.1. The number of hydrogen-bond donors (Lipinski definition) is 0. The van der Waals surface area contributed by atoms with E-state index in [2.05, 4.69) is 0 Å². The molecule has 0 bridgehead atoms. The molecule has 0 saturated heterocycles. The molecule has 0 N–H and O–H groups in total. The van der Waals surface area contributed by atoms with E-state index in [-0.39, 0.29) is 51.2 Å². The number of hydrogen-bond acceptors (Lipinski definition) is 7. The van der Waals surface area contributed by atoms with Crippen molar-refractivity contribution in [2.45, 2.75) is 17.6 Å². The Hall–Kier alpha value is -3.88. The van der Waals surface area contributed by atoms with Crippen LogP contribution in [0, 0.1) is 23.0 Å². The van der Waals surface area contributed by atoms with Crippen LogP contribution in [0.4, 0.5) is 8.78 Å². The number of thioether (sulfide) groups is 1. The molecular formula is C26H20F2N2O5S2. The monoisotopic (exact) mass is 542 g/mol. The lowest BCUT2D eigenvalue weighted by molar-refractivity contribution is -0.139. The largest absolute Gasteiger partial charge is 0.465 e. The van der Waals surface area contributed by atoms with Gasteiger partial charge in [0.1, 0.15) is 17.6 Å². The molecule has 0 atom stereocenters. The molecule has 11 heteroatoms. The molecule has 3 aromatic carbocycles. The second-order valence-corrected chi connectivity index (χ2v) is 10.5. The smallest absolute Gasteiger partial charge is 0.315 e. The number of aromatic nitrogens is 1. The van der Waals surface area contributed by atoms with Gasteiger partial charge in [-0.25, -0.2) is 21.2 Å². The van der Waals surface area contributed by atoms with E-state index >= 15 is 4.39 Å². The Labute approximate surface area is 216 Å². The van der Waals surface area contributed by atoms with Gasteiger partial charge in [-0.2, -0.15) is 5.26 Å². The first-order chi connectivity index (χ1) is 17.8. The lowest BCUT2D eigenvalue weighted by atomic mass is 10.1. The minimum Gasteiger partial charge on any atom is -0.465 e. The summed E-state index contributed by atoms with van der Waals surface area (Å²) in [4.78, 5) is 11.9. The van der Waals surface area contributed by atoms with Gasteiger partial charge in [-0.15, -0.1) is 11.8 Å². The van der Waals surface area contributed by atoms with Crippen LogP contribution in [0.5, 0.6) is 11.5 Å². The molecule has 0 aliphatic rings. The van der Waals surface area contributed by atoms with Gasteiger partial charge >= 0.3 is 5.97 Å². The van der Waals surface area contributed by atoms with Gasteiger partial charge in [0.15, 0.2) is 11.6 Å². The summed E-state index contributed by atoms with van der Waals surface area (Å²) in [5.74, 6) is -2.24. The molecule has 0 saturated carbocycles. The van der Waals surface area contributed by atoms with Crippen LogP contribution in [0.25, 0.3) is 10.9 Å². The zero-order chi connectivity index (χ0) is 26.6. The number of carbonyl (C=O) groups is 1. The Balaban J connectivity index is 1.82. The van der Waals surface area contributed by atoms with E-state index in [0.29, 0.717) is 5.39 Å². The van der Waals surface area contributed by atoms with Crippen LogP contribution in [-0.4, -0.2) is 30.7 Å². The maximum atomic E-state index is 15.5. The third-order valence-corrected chi connectivity index (χ3v) is 7.96. The summed E-state index contributed by atoms with van der Waals surface area (Å²) in [6, 6.07) is 15.4. The fraction of sp³-hybridized carbons (Fsp3) is 0.154. The van der Waals surface area contributed by atoms with Crippen molar-refractivity contribution < 1.29 is 31.5 Å². The van der Waals surface area contributed by atoms with Gasteiger partial charge in [-0.3, -0.25) is 4.79 Å². The van der Waals surface area contributed by atoms with Crippen molar-refractivity contribution in [1.29, 1.82) is 5.26 Å². The van der Waals surface area contributed by atoms with Gasteiger partial charge in [-0.05, 0) is 37.3 Å². The fourth-order valence-corrected chi connectivity index (χ4v) is 5.86. The molecular weight excluding hydrogens is 522 g/mol. The van der Waals surface area contributed by atoms with Crippen LogP contribution in [0.1, 0.15) is 18.1 Å². The number of fused-ring (bicyclic) bond motifs is 1. The molecule has 0 aliphatic heterocycles. The highest BCUT2D eigenvalue weighted by molar-refractivity contribution is 7.99. The average Bonchev–Trinajstić information content (AvgIpc) is 3.31. The molecule has 0 radical (unpaired) electrons. The molecule has 190 valence electrons. The van der Waals surface area contributed by atoms with Gasteiger partial charge in [0.2, 0.25) is 0 Å². The molecule has 1 heterocycles. The molecule has 37 heavy (non-hydrogen) atoms. The molecule has 0 amide bonds. The number of halogens is 2. The molecule has 0 fully saturated rings. The molecule has 0 aliphatic carbocycles. The Morgan fingerprint density at radius 3 is 2.54 bits per heavy atom. The average molecular weight is 543 g/mol. The van der Waals surface area contributed by atoms with E-state index in [1.165, 1.54) is 30.5 Å². The zero-order valence-electron chi connectivity index (χ0n) is 19.5. The van der Waals surface area contributed by atoms with Gasteiger partial charge in [0.05, 0.1) is 28.3 Å². The van der Waals surface area contributed by atoms with Crippen molar-refractivity contribution in [3.8, 4) is 17.6 Å². The van der Waals surface area contributed by atoms with Crippen molar-refractivity contribution >= 4 is 38.7 Å². The van der Waals surface area contributed by atoms with Crippen molar-refractivity contribution in [2.75, 3.05) is 12.4 Å². The molecule has 4 aromatic rings. The first kappa shape index (κ1) is 26.2. The van der Waals surface area contributed by atoms with E-state index in [1.54, 1.807) is 31.2 Å².